The number of esters is 1. The minimum atomic E-state index is -6.05. The highest BCUT2D eigenvalue weighted by atomic mass is 32.3. The van der Waals surface area contributed by atoms with E-state index in [0.29, 0.717) is 4.13 Å². The zero-order valence-electron chi connectivity index (χ0n) is 11.2. The van der Waals surface area contributed by atoms with E-state index in [-0.39, 0.29) is 11.3 Å². The highest BCUT2D eigenvalue weighted by molar-refractivity contribution is 8.04. The van der Waals surface area contributed by atoms with E-state index in [0.717, 1.165) is 12.1 Å². The van der Waals surface area contributed by atoms with Crippen molar-refractivity contribution in [3.8, 4) is 5.75 Å². The first-order valence-electron chi connectivity index (χ1n) is 5.62. The second-order valence-corrected chi connectivity index (χ2v) is 7.72. The molecule has 128 valence electrons. The smallest absolute Gasteiger partial charge is 0.423 e. The van der Waals surface area contributed by atoms with Gasteiger partial charge in [0.15, 0.2) is 0 Å². The van der Waals surface area contributed by atoms with Crippen molar-refractivity contribution in [3.63, 3.8) is 0 Å². The van der Waals surface area contributed by atoms with Gasteiger partial charge in [0.25, 0.3) is 0 Å². The van der Waals surface area contributed by atoms with Crippen molar-refractivity contribution in [2.45, 2.75) is 11.3 Å². The van der Waals surface area contributed by atoms with Crippen molar-refractivity contribution < 1.29 is 39.5 Å². The van der Waals surface area contributed by atoms with Gasteiger partial charge < -0.3 is 4.74 Å². The lowest BCUT2D eigenvalue weighted by Crippen LogP contribution is -2.40. The molecule has 0 unspecified atom stereocenters. The number of ether oxygens (including phenoxy) is 1. The lowest BCUT2D eigenvalue weighted by molar-refractivity contribution is -0.128. The fourth-order valence-corrected chi connectivity index (χ4v) is 3.89. The molecule has 1 rings (SSSR count). The summed E-state index contributed by atoms with van der Waals surface area (Å²) in [5.74, 6) is -1.98. The summed E-state index contributed by atoms with van der Waals surface area (Å²) in [6.45, 7) is 3.15. The molecule has 0 aromatic heterocycles. The van der Waals surface area contributed by atoms with Gasteiger partial charge in [0.05, 0.1) is 5.75 Å². The fraction of sp³-hybridized carbons (Fsp3) is 0.182. The fourth-order valence-electron chi connectivity index (χ4n) is 1.32. The molecule has 0 saturated carbocycles. The zero-order valence-corrected chi connectivity index (χ0v) is 12.8. The third kappa shape index (κ3) is 5.65. The molecule has 0 aliphatic heterocycles. The van der Waals surface area contributed by atoms with Crippen LogP contribution >= 0.6 is 0 Å². The normalized spacial score (nSPS) is 12.7. The Bertz CT molecular complexity index is 814. The SMILES string of the molecule is C=CC(=O)Oc1cccc(CS(=O)(=O)NS(=O)(=O)C(F)(F)F)c1. The van der Waals surface area contributed by atoms with Crippen molar-refractivity contribution in [2.75, 3.05) is 0 Å². The van der Waals surface area contributed by atoms with Crippen LogP contribution in [0, 0.1) is 0 Å². The minimum absolute atomic E-state index is 0.0821. The van der Waals surface area contributed by atoms with Gasteiger partial charge in [-0.25, -0.2) is 21.6 Å². The standard InChI is InChI=1S/C11H10F3NO6S2/c1-2-10(16)21-9-5-3-4-8(6-9)7-22(17,18)15-23(19,20)11(12,13)14/h2-6,15H,1,7H2. The number of sulfonamides is 2. The van der Waals surface area contributed by atoms with Crippen molar-refractivity contribution in [3.05, 3.63) is 42.5 Å². The van der Waals surface area contributed by atoms with E-state index >= 15 is 0 Å². The van der Waals surface area contributed by atoms with Gasteiger partial charge in [-0.2, -0.15) is 13.2 Å². The van der Waals surface area contributed by atoms with Crippen LogP contribution in [-0.4, -0.2) is 28.3 Å². The maximum Gasteiger partial charge on any atom is 0.512 e. The average Bonchev–Trinajstić information content (AvgIpc) is 2.35. The summed E-state index contributed by atoms with van der Waals surface area (Å²) in [6, 6.07) is 4.82. The van der Waals surface area contributed by atoms with Crippen LogP contribution in [0.3, 0.4) is 0 Å². The van der Waals surface area contributed by atoms with Gasteiger partial charge in [0, 0.05) is 6.08 Å². The monoisotopic (exact) mass is 373 g/mol. The molecule has 0 aliphatic rings. The molecule has 1 aromatic rings. The molecule has 0 heterocycles. The number of alkyl halides is 3. The van der Waals surface area contributed by atoms with Crippen LogP contribution < -0.4 is 8.86 Å². The van der Waals surface area contributed by atoms with Gasteiger partial charge in [-0.05, 0) is 17.7 Å². The van der Waals surface area contributed by atoms with E-state index in [9.17, 15) is 34.8 Å². The summed E-state index contributed by atoms with van der Waals surface area (Å²) in [5.41, 5.74) is -5.86. The molecule has 0 atom stereocenters. The number of carbonyl (C=O) groups excluding carboxylic acids is 1. The van der Waals surface area contributed by atoms with Crippen LogP contribution in [0.1, 0.15) is 5.56 Å². The number of carbonyl (C=O) groups is 1. The van der Waals surface area contributed by atoms with Crippen LogP contribution in [0.4, 0.5) is 13.2 Å². The Kier molecular flexibility index (Phi) is 5.56. The lowest BCUT2D eigenvalue weighted by atomic mass is 10.2. The predicted octanol–water partition coefficient (Wildman–Crippen LogP) is 1.05. The zero-order chi connectivity index (χ0) is 17.9. The molecule has 0 saturated heterocycles. The van der Waals surface area contributed by atoms with Crippen LogP contribution in [0.15, 0.2) is 36.9 Å². The van der Waals surface area contributed by atoms with E-state index in [1.54, 1.807) is 0 Å². The van der Waals surface area contributed by atoms with Crippen LogP contribution in [0.5, 0.6) is 5.75 Å². The van der Waals surface area contributed by atoms with E-state index in [2.05, 4.69) is 6.58 Å². The number of hydrogen-bond donors (Lipinski definition) is 1. The summed E-state index contributed by atoms with van der Waals surface area (Å²) >= 11 is 0. The Balaban J connectivity index is 2.97. The minimum Gasteiger partial charge on any atom is -0.423 e. The Morgan fingerprint density at radius 2 is 1.87 bits per heavy atom. The Morgan fingerprint density at radius 1 is 1.26 bits per heavy atom. The molecule has 7 nitrogen and oxygen atoms in total. The summed E-state index contributed by atoms with van der Waals surface area (Å²) in [6.07, 6.45) is 0.848. The maximum atomic E-state index is 12.2. The summed E-state index contributed by atoms with van der Waals surface area (Å²) in [5, 5.41) is 0. The third-order valence-corrected chi connectivity index (χ3v) is 5.40. The van der Waals surface area contributed by atoms with Gasteiger partial charge in [-0.1, -0.05) is 18.7 Å². The first-order valence-corrected chi connectivity index (χ1v) is 8.75. The predicted molar refractivity (Wildman–Crippen MR) is 73.0 cm³/mol. The number of hydrogen-bond acceptors (Lipinski definition) is 6. The molecular formula is C11H10F3NO6S2. The number of rotatable bonds is 6. The van der Waals surface area contributed by atoms with Crippen LogP contribution in [-0.2, 0) is 30.6 Å². The van der Waals surface area contributed by atoms with E-state index in [1.807, 2.05) is 0 Å². The van der Waals surface area contributed by atoms with E-state index < -0.39 is 37.3 Å². The second-order valence-electron chi connectivity index (χ2n) is 4.06. The molecule has 0 fully saturated rings. The van der Waals surface area contributed by atoms with Crippen molar-refractivity contribution >= 4 is 26.0 Å². The van der Waals surface area contributed by atoms with E-state index in [1.165, 1.54) is 18.2 Å². The van der Waals surface area contributed by atoms with Gasteiger partial charge in [0.1, 0.15) is 5.75 Å². The summed E-state index contributed by atoms with van der Waals surface area (Å²) in [4.78, 5) is 11.0. The molecule has 0 spiro atoms. The number of halogens is 3. The highest BCUT2D eigenvalue weighted by Gasteiger charge is 2.48. The first kappa shape index (κ1) is 19.1. The second kappa shape index (κ2) is 6.68. The third-order valence-electron chi connectivity index (χ3n) is 2.18. The van der Waals surface area contributed by atoms with Gasteiger partial charge in [-0.3, -0.25) is 0 Å². The maximum absolute atomic E-state index is 12.2. The van der Waals surface area contributed by atoms with Gasteiger partial charge >= 0.3 is 21.5 Å². The summed E-state index contributed by atoms with van der Waals surface area (Å²) < 4.78 is 86.5. The molecule has 1 aromatic carbocycles. The van der Waals surface area contributed by atoms with Gasteiger partial charge in [0.2, 0.25) is 10.0 Å². The molecule has 23 heavy (non-hydrogen) atoms. The average molecular weight is 373 g/mol. The molecule has 0 bridgehead atoms. The largest absolute Gasteiger partial charge is 0.512 e. The van der Waals surface area contributed by atoms with Crippen molar-refractivity contribution in [2.24, 2.45) is 0 Å². The molecule has 0 radical (unpaired) electrons. The van der Waals surface area contributed by atoms with Crippen molar-refractivity contribution in [1.82, 2.24) is 4.13 Å². The van der Waals surface area contributed by atoms with Crippen LogP contribution in [0.25, 0.3) is 0 Å². The molecule has 12 heteroatoms. The Morgan fingerprint density at radius 3 is 2.39 bits per heavy atom. The van der Waals surface area contributed by atoms with Crippen molar-refractivity contribution in [1.29, 1.82) is 0 Å². The Hall–Kier alpha value is -1.92. The number of benzene rings is 1. The summed E-state index contributed by atoms with van der Waals surface area (Å²) in [7, 11) is -10.9. The lowest BCUT2D eigenvalue weighted by Gasteiger charge is -2.10. The van der Waals surface area contributed by atoms with Crippen LogP contribution in [0.2, 0.25) is 0 Å². The Labute approximate surface area is 129 Å². The molecule has 0 aliphatic carbocycles. The van der Waals surface area contributed by atoms with E-state index in [4.69, 9.17) is 4.74 Å². The first-order chi connectivity index (χ1) is 10.4. The molecular weight excluding hydrogens is 363 g/mol. The highest BCUT2D eigenvalue weighted by Crippen LogP contribution is 2.23. The quantitative estimate of drug-likeness (QED) is 0.454. The molecule has 1 N–H and O–H groups in total. The molecule has 0 amide bonds. The number of nitrogens with one attached hydrogen (secondary N) is 1. The topological polar surface area (TPSA) is 107 Å². The van der Waals surface area contributed by atoms with Gasteiger partial charge in [-0.15, -0.1) is 4.13 Å².